The molecular formula is C40H32BrClFN3O6. The van der Waals surface area contributed by atoms with Crippen LogP contribution in [0.4, 0.5) is 10.1 Å². The van der Waals surface area contributed by atoms with Crippen molar-refractivity contribution in [2.45, 2.75) is 30.6 Å². The third-order valence-corrected chi connectivity index (χ3v) is 12.0. The number of hydrogen-bond acceptors (Lipinski definition) is 7. The largest absolute Gasteiger partial charge is 0.508 e. The van der Waals surface area contributed by atoms with Crippen molar-refractivity contribution < 1.29 is 33.8 Å². The zero-order chi connectivity index (χ0) is 36.5. The molecule has 6 atom stereocenters. The molecule has 0 spiro atoms. The van der Waals surface area contributed by atoms with Crippen LogP contribution >= 0.6 is 27.5 Å². The number of halogens is 3. The molecule has 4 aromatic rings. The van der Waals surface area contributed by atoms with Gasteiger partial charge in [-0.3, -0.25) is 29.5 Å². The minimum absolute atomic E-state index is 0.0812. The highest BCUT2D eigenvalue weighted by Crippen LogP contribution is 2.65. The summed E-state index contributed by atoms with van der Waals surface area (Å²) in [4.78, 5) is 59.5. The fourth-order valence-corrected chi connectivity index (χ4v) is 9.45. The van der Waals surface area contributed by atoms with Crippen molar-refractivity contribution in [2.75, 3.05) is 12.0 Å². The second-order valence-corrected chi connectivity index (χ2v) is 15.2. The number of imide groups is 2. The van der Waals surface area contributed by atoms with Crippen molar-refractivity contribution in [3.8, 4) is 11.5 Å². The molecule has 4 amide bonds. The minimum Gasteiger partial charge on any atom is -0.508 e. The number of likely N-dealkylation sites (tertiary alicyclic amines) is 1. The number of benzene rings is 4. The smallest absolute Gasteiger partial charge is 0.260 e. The van der Waals surface area contributed by atoms with Gasteiger partial charge in [0.2, 0.25) is 11.8 Å². The van der Waals surface area contributed by atoms with Gasteiger partial charge in [-0.05, 0) is 103 Å². The van der Waals surface area contributed by atoms with E-state index in [1.807, 2.05) is 6.08 Å². The van der Waals surface area contributed by atoms with Gasteiger partial charge in [-0.25, -0.2) is 4.39 Å². The van der Waals surface area contributed by atoms with E-state index < -0.39 is 52.6 Å². The van der Waals surface area contributed by atoms with Crippen LogP contribution in [0, 0.1) is 29.5 Å². The van der Waals surface area contributed by atoms with Crippen molar-refractivity contribution >= 4 is 56.8 Å². The maximum atomic E-state index is 15.2. The first kappa shape index (κ1) is 34.1. The number of hydrogen-bond donors (Lipinski definition) is 3. The quantitative estimate of drug-likeness (QED) is 0.138. The zero-order valence-corrected chi connectivity index (χ0v) is 29.9. The Bertz CT molecular complexity index is 2160. The van der Waals surface area contributed by atoms with Crippen LogP contribution in [-0.2, 0) is 31.0 Å². The number of carbonyl (C=O) groups excluding carboxylic acids is 4. The van der Waals surface area contributed by atoms with E-state index >= 15 is 4.79 Å². The molecule has 1 saturated carbocycles. The molecule has 0 aromatic heterocycles. The number of hydrazine groups is 1. The Labute approximate surface area is 311 Å². The number of aromatic hydroxyl groups is 2. The Kier molecular flexibility index (Phi) is 8.46. The summed E-state index contributed by atoms with van der Waals surface area (Å²) in [5.74, 6) is -6.22. The van der Waals surface area contributed by atoms with Crippen LogP contribution < -0.4 is 5.43 Å². The summed E-state index contributed by atoms with van der Waals surface area (Å²) in [5, 5.41) is 22.6. The van der Waals surface area contributed by atoms with Gasteiger partial charge in [0, 0.05) is 27.5 Å². The Morgan fingerprint density at radius 3 is 2.29 bits per heavy atom. The van der Waals surface area contributed by atoms with Crippen LogP contribution in [0.25, 0.3) is 0 Å². The summed E-state index contributed by atoms with van der Waals surface area (Å²) >= 11 is 9.88. The molecule has 12 heteroatoms. The average molecular weight is 785 g/mol. The molecule has 52 heavy (non-hydrogen) atoms. The first-order chi connectivity index (χ1) is 25.0. The third-order valence-electron chi connectivity index (χ3n) is 11.2. The number of nitrogens with one attached hydrogen (secondary N) is 1. The van der Waals surface area contributed by atoms with Crippen LogP contribution in [0.2, 0.25) is 5.02 Å². The molecule has 2 aliphatic heterocycles. The topological polar surface area (TPSA) is 127 Å². The predicted molar refractivity (Wildman–Crippen MR) is 193 cm³/mol. The lowest BCUT2D eigenvalue weighted by Crippen LogP contribution is -2.53. The number of nitrogens with zero attached hydrogens (tertiary/aromatic N) is 2. The van der Waals surface area contributed by atoms with Gasteiger partial charge in [-0.15, -0.1) is 0 Å². The molecule has 0 bridgehead atoms. The van der Waals surface area contributed by atoms with Gasteiger partial charge in [-0.2, -0.15) is 5.01 Å². The molecule has 2 heterocycles. The SMILES string of the molecule is O=C1[C@H]2[C@H](CC=C3[C@H]2C[C@H]2C(=O)N(Nc4ccc(F)cc4)C(=O)[C@@]2(c2ccc(Cl)cc2)[C@H]3c2cc(Br)ccc2O)C(=O)N1CCc1ccc(O)cc1. The van der Waals surface area contributed by atoms with Gasteiger partial charge in [0.05, 0.1) is 28.9 Å². The van der Waals surface area contributed by atoms with E-state index in [-0.39, 0.29) is 42.7 Å². The highest BCUT2D eigenvalue weighted by molar-refractivity contribution is 9.10. The van der Waals surface area contributed by atoms with E-state index in [0.717, 1.165) is 10.6 Å². The third kappa shape index (κ3) is 5.32. The van der Waals surface area contributed by atoms with Gasteiger partial charge in [0.25, 0.3) is 11.8 Å². The molecule has 8 rings (SSSR count). The number of fused-ring (bicyclic) bond motifs is 4. The number of rotatable bonds is 7. The maximum absolute atomic E-state index is 15.2. The van der Waals surface area contributed by atoms with Gasteiger partial charge >= 0.3 is 0 Å². The molecule has 4 aromatic carbocycles. The summed E-state index contributed by atoms with van der Waals surface area (Å²) in [6.45, 7) is 0.151. The van der Waals surface area contributed by atoms with Crippen LogP contribution in [0.1, 0.15) is 35.4 Å². The van der Waals surface area contributed by atoms with Gasteiger partial charge < -0.3 is 10.2 Å². The lowest BCUT2D eigenvalue weighted by atomic mass is 9.49. The average Bonchev–Trinajstić information content (AvgIpc) is 3.50. The summed E-state index contributed by atoms with van der Waals surface area (Å²) in [7, 11) is 0. The van der Waals surface area contributed by atoms with Crippen LogP contribution in [0.3, 0.4) is 0 Å². The summed E-state index contributed by atoms with van der Waals surface area (Å²) < 4.78 is 14.5. The van der Waals surface area contributed by atoms with Crippen molar-refractivity contribution in [3.63, 3.8) is 0 Å². The number of phenolic OH excluding ortho intramolecular Hbond substituents is 2. The van der Waals surface area contributed by atoms with Crippen LogP contribution in [0.5, 0.6) is 11.5 Å². The van der Waals surface area contributed by atoms with E-state index in [1.165, 1.54) is 35.2 Å². The number of anilines is 1. The fraction of sp³-hybridized carbons (Fsp3) is 0.250. The normalized spacial score (nSPS) is 26.6. The highest BCUT2D eigenvalue weighted by Gasteiger charge is 2.70. The van der Waals surface area contributed by atoms with E-state index in [1.54, 1.807) is 60.7 Å². The van der Waals surface area contributed by atoms with E-state index in [2.05, 4.69) is 21.4 Å². The number of amides is 4. The first-order valence-corrected chi connectivity index (χ1v) is 18.1. The summed E-state index contributed by atoms with van der Waals surface area (Å²) in [6.07, 6.45) is 2.64. The molecule has 0 unspecified atom stereocenters. The highest BCUT2D eigenvalue weighted by atomic mass is 79.9. The molecule has 3 N–H and O–H groups in total. The molecule has 2 aliphatic carbocycles. The van der Waals surface area contributed by atoms with Crippen molar-refractivity contribution in [2.24, 2.45) is 23.7 Å². The molecule has 4 aliphatic rings. The van der Waals surface area contributed by atoms with Crippen molar-refractivity contribution in [3.05, 3.63) is 135 Å². The van der Waals surface area contributed by atoms with E-state index in [0.29, 0.717) is 38.3 Å². The molecule has 2 saturated heterocycles. The van der Waals surface area contributed by atoms with Crippen molar-refractivity contribution in [1.82, 2.24) is 9.91 Å². The van der Waals surface area contributed by atoms with Crippen LogP contribution in [-0.4, -0.2) is 50.3 Å². The summed E-state index contributed by atoms with van der Waals surface area (Å²) in [6, 6.07) is 23.5. The Morgan fingerprint density at radius 1 is 0.865 bits per heavy atom. The molecule has 9 nitrogen and oxygen atoms in total. The van der Waals surface area contributed by atoms with Gasteiger partial charge in [0.1, 0.15) is 17.3 Å². The number of phenols is 2. The molecule has 264 valence electrons. The number of carbonyl (C=O) groups is 4. The van der Waals surface area contributed by atoms with Gasteiger partial charge in [-0.1, -0.05) is 63.4 Å². The Morgan fingerprint density at radius 2 is 1.58 bits per heavy atom. The fourth-order valence-electron chi connectivity index (χ4n) is 8.95. The number of allylic oxidation sites excluding steroid dienone is 2. The first-order valence-electron chi connectivity index (χ1n) is 17.0. The lowest BCUT2D eigenvalue weighted by Gasteiger charge is -2.50. The van der Waals surface area contributed by atoms with Crippen LogP contribution in [0.15, 0.2) is 107 Å². The van der Waals surface area contributed by atoms with E-state index in [4.69, 9.17) is 11.6 Å². The second-order valence-electron chi connectivity index (χ2n) is 13.8. The Balaban J connectivity index is 1.26. The summed E-state index contributed by atoms with van der Waals surface area (Å²) in [5.41, 5.74) is 4.06. The van der Waals surface area contributed by atoms with Gasteiger partial charge in [0.15, 0.2) is 0 Å². The molecular weight excluding hydrogens is 753 g/mol. The molecule has 0 radical (unpaired) electrons. The lowest BCUT2D eigenvalue weighted by molar-refractivity contribution is -0.141. The molecule has 3 fully saturated rings. The standard InChI is InChI=1S/C40H32BrClFN3O6/c41-23-5-16-33(48)31(19-23)35-28-14-15-29-34(38(51)45(36(29)49)18-17-21-1-12-27(47)13-2-21)30(28)20-32-37(50)46(44-26-10-8-25(43)9-11-26)39(52)40(32,35)22-3-6-24(42)7-4-22/h1-14,16,19,29-30,32,34-35,44,47-48H,15,17-18,20H2/t29-,30+,32-,34-,35+,40+/m0/s1. The minimum atomic E-state index is -1.60. The maximum Gasteiger partial charge on any atom is 0.260 e. The second kappa shape index (κ2) is 12.9. The monoisotopic (exact) mass is 783 g/mol. The predicted octanol–water partition coefficient (Wildman–Crippen LogP) is 6.88. The zero-order valence-electron chi connectivity index (χ0n) is 27.5. The van der Waals surface area contributed by atoms with Crippen molar-refractivity contribution in [1.29, 1.82) is 0 Å². The van der Waals surface area contributed by atoms with E-state index in [9.17, 15) is 29.0 Å². The Hall–Kier alpha value is -5.00.